The summed E-state index contributed by atoms with van der Waals surface area (Å²) in [6.45, 7) is 1.23. The van der Waals surface area contributed by atoms with Crippen molar-refractivity contribution in [3.63, 3.8) is 0 Å². The topological polar surface area (TPSA) is 68.5 Å². The number of ether oxygens (including phenoxy) is 2. The number of imidazole rings is 1. The van der Waals surface area contributed by atoms with E-state index in [0.29, 0.717) is 6.61 Å². The van der Waals surface area contributed by atoms with Crippen molar-refractivity contribution in [3.8, 4) is 0 Å². The molecule has 0 radical (unpaired) electrons. The van der Waals surface area contributed by atoms with E-state index in [2.05, 4.69) is 16.4 Å². The number of nitrogens with one attached hydrogen (secondary N) is 1. The highest BCUT2D eigenvalue weighted by molar-refractivity contribution is 7.09. The molecule has 2 saturated heterocycles. The molecule has 0 amide bonds. The van der Waals surface area contributed by atoms with Crippen LogP contribution < -0.4 is 5.32 Å². The number of aliphatic hydroxyl groups excluding tert-OH is 1. The molecule has 0 aliphatic carbocycles. The molecule has 21 heavy (non-hydrogen) atoms. The molecule has 112 valence electrons. The number of aromatic nitrogens is 2. The fraction of sp³-hybridized carbons (Fsp3) is 0.500. The lowest BCUT2D eigenvalue weighted by molar-refractivity contribution is -0.165. The van der Waals surface area contributed by atoms with Crippen molar-refractivity contribution in [2.45, 2.75) is 37.1 Å². The Morgan fingerprint density at radius 3 is 3.24 bits per heavy atom. The average Bonchev–Trinajstić information content (AvgIpc) is 3.20. The second kappa shape index (κ2) is 5.51. The number of fused-ring (bicyclic) bond motifs is 2. The molecule has 2 aliphatic rings. The summed E-state index contributed by atoms with van der Waals surface area (Å²) in [4.78, 5) is 5.29. The van der Waals surface area contributed by atoms with Gasteiger partial charge in [-0.25, -0.2) is 4.98 Å². The van der Waals surface area contributed by atoms with Crippen LogP contribution in [0.5, 0.6) is 0 Å². The first-order valence-corrected chi connectivity index (χ1v) is 7.89. The van der Waals surface area contributed by atoms with E-state index < -0.39 is 12.4 Å². The van der Waals surface area contributed by atoms with Gasteiger partial charge in [-0.2, -0.15) is 0 Å². The van der Waals surface area contributed by atoms with Crippen LogP contribution in [0, 0.1) is 0 Å². The van der Waals surface area contributed by atoms with Crippen molar-refractivity contribution in [1.29, 1.82) is 0 Å². The molecule has 6 nitrogen and oxygen atoms in total. The zero-order chi connectivity index (χ0) is 14.2. The van der Waals surface area contributed by atoms with E-state index in [1.807, 2.05) is 22.2 Å². The molecule has 2 bridgehead atoms. The van der Waals surface area contributed by atoms with Crippen LogP contribution in [0.15, 0.2) is 36.2 Å². The molecule has 7 heteroatoms. The molecular formula is C14H17N3O3S. The number of thiophene rings is 1. The predicted octanol–water partition coefficient (Wildman–Crippen LogP) is 0.760. The van der Waals surface area contributed by atoms with E-state index in [1.165, 1.54) is 4.88 Å². The van der Waals surface area contributed by atoms with Crippen LogP contribution in [0.25, 0.3) is 0 Å². The van der Waals surface area contributed by atoms with Crippen molar-refractivity contribution in [2.75, 3.05) is 6.61 Å². The molecule has 0 aromatic carbocycles. The van der Waals surface area contributed by atoms with Crippen LogP contribution in [0.1, 0.15) is 10.9 Å². The van der Waals surface area contributed by atoms with Gasteiger partial charge in [0.25, 0.3) is 0 Å². The molecule has 2 aromatic rings. The van der Waals surface area contributed by atoms with Crippen molar-refractivity contribution in [3.05, 3.63) is 41.1 Å². The first-order valence-electron chi connectivity index (χ1n) is 7.01. The van der Waals surface area contributed by atoms with Gasteiger partial charge in [0.15, 0.2) is 6.29 Å². The summed E-state index contributed by atoms with van der Waals surface area (Å²) in [7, 11) is 0. The lowest BCUT2D eigenvalue weighted by atomic mass is 9.96. The van der Waals surface area contributed by atoms with E-state index >= 15 is 0 Å². The third kappa shape index (κ3) is 2.41. The highest BCUT2D eigenvalue weighted by atomic mass is 32.1. The highest BCUT2D eigenvalue weighted by Crippen LogP contribution is 2.35. The van der Waals surface area contributed by atoms with Gasteiger partial charge in [0.05, 0.1) is 25.1 Å². The molecule has 0 saturated carbocycles. The number of rotatable bonds is 4. The Bertz CT molecular complexity index is 574. The van der Waals surface area contributed by atoms with E-state index in [-0.39, 0.29) is 18.2 Å². The van der Waals surface area contributed by atoms with E-state index in [9.17, 15) is 5.11 Å². The Morgan fingerprint density at radius 1 is 1.52 bits per heavy atom. The van der Waals surface area contributed by atoms with Gasteiger partial charge in [0.1, 0.15) is 12.1 Å². The number of aliphatic hydroxyl groups is 1. The van der Waals surface area contributed by atoms with E-state index in [4.69, 9.17) is 9.47 Å². The van der Waals surface area contributed by atoms with Crippen LogP contribution in [0.2, 0.25) is 0 Å². The average molecular weight is 307 g/mol. The predicted molar refractivity (Wildman–Crippen MR) is 76.8 cm³/mol. The van der Waals surface area contributed by atoms with Gasteiger partial charge >= 0.3 is 0 Å². The molecule has 0 spiro atoms. The van der Waals surface area contributed by atoms with E-state index in [1.54, 1.807) is 23.9 Å². The van der Waals surface area contributed by atoms with Gasteiger partial charge in [0.2, 0.25) is 0 Å². The molecule has 4 rings (SSSR count). The Labute approximate surface area is 126 Å². The van der Waals surface area contributed by atoms with Crippen LogP contribution in [-0.2, 0) is 16.0 Å². The number of hydrogen-bond acceptors (Lipinski definition) is 6. The minimum atomic E-state index is -0.578. The fourth-order valence-corrected chi connectivity index (χ4v) is 3.70. The monoisotopic (exact) mass is 307 g/mol. The Hall–Kier alpha value is -1.25. The standard InChI is InChI=1S/C14H17N3O3S/c18-13-11(16-6-9-2-1-5-21-9)10-7-19-14(20-10)12(13)17-4-3-15-8-17/h1-5,8,10-14,16,18H,6-7H2/t10-,11-,12-,13+,14-/m1/s1. The third-order valence-corrected chi connectivity index (χ3v) is 4.97. The molecule has 2 fully saturated rings. The lowest BCUT2D eigenvalue weighted by Crippen LogP contribution is -2.57. The molecule has 2 aromatic heterocycles. The summed E-state index contributed by atoms with van der Waals surface area (Å²) in [6, 6.07) is 3.68. The highest BCUT2D eigenvalue weighted by Gasteiger charge is 2.50. The van der Waals surface area contributed by atoms with Crippen molar-refractivity contribution >= 4 is 11.3 Å². The Morgan fingerprint density at radius 2 is 2.48 bits per heavy atom. The molecule has 5 atom stereocenters. The zero-order valence-corrected chi connectivity index (χ0v) is 12.1. The third-order valence-electron chi connectivity index (χ3n) is 4.09. The van der Waals surface area contributed by atoms with Crippen molar-refractivity contribution in [1.82, 2.24) is 14.9 Å². The van der Waals surface area contributed by atoms with Crippen LogP contribution in [0.4, 0.5) is 0 Å². The summed E-state index contributed by atoms with van der Waals surface area (Å²) >= 11 is 1.70. The Balaban J connectivity index is 1.53. The summed E-state index contributed by atoms with van der Waals surface area (Å²) in [5.74, 6) is 0. The number of hydrogen-bond donors (Lipinski definition) is 2. The first kappa shape index (κ1) is 13.4. The maximum atomic E-state index is 10.7. The summed E-state index contributed by atoms with van der Waals surface area (Å²) in [5.41, 5.74) is 0. The summed E-state index contributed by atoms with van der Waals surface area (Å²) in [5, 5.41) is 16.2. The maximum Gasteiger partial charge on any atom is 0.181 e. The van der Waals surface area contributed by atoms with Crippen molar-refractivity contribution in [2.24, 2.45) is 0 Å². The second-order valence-electron chi connectivity index (χ2n) is 5.35. The Kier molecular flexibility index (Phi) is 3.52. The van der Waals surface area contributed by atoms with Gasteiger partial charge in [-0.1, -0.05) is 6.07 Å². The molecule has 2 N–H and O–H groups in total. The molecular weight excluding hydrogens is 290 g/mol. The summed E-state index contributed by atoms with van der Waals surface area (Å²) < 4.78 is 13.4. The molecule has 0 unspecified atom stereocenters. The lowest BCUT2D eigenvalue weighted by Gasteiger charge is -2.39. The smallest absolute Gasteiger partial charge is 0.181 e. The van der Waals surface area contributed by atoms with Gasteiger partial charge in [-0.3, -0.25) is 0 Å². The normalized spacial score (nSPS) is 35.2. The van der Waals surface area contributed by atoms with Crippen LogP contribution >= 0.6 is 11.3 Å². The van der Waals surface area contributed by atoms with Crippen LogP contribution in [-0.4, -0.2) is 45.8 Å². The largest absolute Gasteiger partial charge is 0.389 e. The van der Waals surface area contributed by atoms with Gasteiger partial charge < -0.3 is 24.5 Å². The quantitative estimate of drug-likeness (QED) is 0.873. The maximum absolute atomic E-state index is 10.7. The zero-order valence-electron chi connectivity index (χ0n) is 11.3. The second-order valence-corrected chi connectivity index (χ2v) is 6.39. The minimum absolute atomic E-state index is 0.107. The van der Waals surface area contributed by atoms with Crippen LogP contribution in [0.3, 0.4) is 0 Å². The van der Waals surface area contributed by atoms with Gasteiger partial charge in [-0.15, -0.1) is 11.3 Å². The first-order chi connectivity index (χ1) is 10.3. The van der Waals surface area contributed by atoms with E-state index in [0.717, 1.165) is 6.54 Å². The molecule has 4 heterocycles. The van der Waals surface area contributed by atoms with Gasteiger partial charge in [-0.05, 0) is 11.4 Å². The fourth-order valence-electron chi connectivity index (χ4n) is 3.05. The molecule has 2 aliphatic heterocycles. The summed E-state index contributed by atoms with van der Waals surface area (Å²) in [6.07, 6.45) is 4.13. The number of nitrogens with zero attached hydrogens (tertiary/aromatic N) is 2. The minimum Gasteiger partial charge on any atom is -0.389 e. The SMILES string of the molecule is O[C@H]1[C@H](NCc2cccs2)[C@H]2CO[C@H](O2)[C@@H]1n1ccnc1. The van der Waals surface area contributed by atoms with Gasteiger partial charge in [0, 0.05) is 23.8 Å². The van der Waals surface area contributed by atoms with Crippen molar-refractivity contribution < 1.29 is 14.6 Å².